The van der Waals surface area contributed by atoms with Crippen LogP contribution in [0.15, 0.2) is 0 Å². The quantitative estimate of drug-likeness (QED) is 0.571. The number of nitrogens with two attached hydrogens (primary N) is 1. The van der Waals surface area contributed by atoms with Gasteiger partial charge in [0, 0.05) is 18.1 Å². The summed E-state index contributed by atoms with van der Waals surface area (Å²) in [4.78, 5) is 0. The second-order valence-corrected chi connectivity index (χ2v) is 3.86. The molecule has 3 nitrogen and oxygen atoms in total. The molecule has 1 unspecified atom stereocenters. The molecular formula is C9H20N2O. The predicted molar refractivity (Wildman–Crippen MR) is 49.9 cm³/mol. The fourth-order valence-electron chi connectivity index (χ4n) is 1.74. The summed E-state index contributed by atoms with van der Waals surface area (Å²) in [6, 6.07) is 1.21. The van der Waals surface area contributed by atoms with Gasteiger partial charge >= 0.3 is 0 Å². The van der Waals surface area contributed by atoms with Gasteiger partial charge in [-0.2, -0.15) is 0 Å². The zero-order chi connectivity index (χ0) is 8.97. The van der Waals surface area contributed by atoms with Gasteiger partial charge in [0.25, 0.3) is 0 Å². The average Bonchev–Trinajstić information content (AvgIpc) is 2.09. The fourth-order valence-corrected chi connectivity index (χ4v) is 1.74. The van der Waals surface area contributed by atoms with Crippen molar-refractivity contribution in [1.82, 2.24) is 5.32 Å². The Bertz CT molecular complexity index is 122. The first-order chi connectivity index (χ1) is 5.72. The largest absolute Gasteiger partial charge is 0.395 e. The number of aliphatic hydroxyl groups is 1. The molecule has 72 valence electrons. The minimum atomic E-state index is 0.225. The SMILES string of the molecule is CC(CO)NC1CCC(N)CC1. The Morgan fingerprint density at radius 3 is 2.50 bits per heavy atom. The van der Waals surface area contributed by atoms with Gasteiger partial charge in [-0.1, -0.05) is 0 Å². The molecule has 1 fully saturated rings. The van der Waals surface area contributed by atoms with Gasteiger partial charge in [0.15, 0.2) is 0 Å². The monoisotopic (exact) mass is 172 g/mol. The Labute approximate surface area is 74.3 Å². The Morgan fingerprint density at radius 1 is 1.42 bits per heavy atom. The molecule has 0 aromatic heterocycles. The third kappa shape index (κ3) is 3.09. The molecule has 0 amide bonds. The summed E-state index contributed by atoms with van der Waals surface area (Å²) in [5.74, 6) is 0. The summed E-state index contributed by atoms with van der Waals surface area (Å²) in [5.41, 5.74) is 5.78. The molecule has 0 radical (unpaired) electrons. The topological polar surface area (TPSA) is 58.3 Å². The molecule has 0 bridgehead atoms. The first-order valence-corrected chi connectivity index (χ1v) is 4.85. The van der Waals surface area contributed by atoms with E-state index in [-0.39, 0.29) is 12.6 Å². The molecule has 1 aliphatic rings. The Hall–Kier alpha value is -0.120. The van der Waals surface area contributed by atoms with Gasteiger partial charge in [0.1, 0.15) is 0 Å². The molecule has 0 spiro atoms. The predicted octanol–water partition coefficient (Wildman–Crippen LogP) is 0.227. The lowest BCUT2D eigenvalue weighted by molar-refractivity contribution is 0.224. The van der Waals surface area contributed by atoms with Crippen LogP contribution < -0.4 is 11.1 Å². The average molecular weight is 172 g/mol. The third-order valence-electron chi connectivity index (χ3n) is 2.57. The van der Waals surface area contributed by atoms with Crippen molar-refractivity contribution in [3.63, 3.8) is 0 Å². The molecule has 0 heterocycles. The van der Waals surface area contributed by atoms with E-state index in [1.54, 1.807) is 0 Å². The minimum Gasteiger partial charge on any atom is -0.395 e. The molecule has 12 heavy (non-hydrogen) atoms. The van der Waals surface area contributed by atoms with Crippen molar-refractivity contribution in [3.05, 3.63) is 0 Å². The molecule has 1 saturated carbocycles. The molecule has 4 N–H and O–H groups in total. The minimum absolute atomic E-state index is 0.225. The normalized spacial score (nSPS) is 33.2. The van der Waals surface area contributed by atoms with Crippen LogP contribution in [0, 0.1) is 0 Å². The van der Waals surface area contributed by atoms with E-state index in [9.17, 15) is 0 Å². The number of aliphatic hydroxyl groups excluding tert-OH is 1. The Morgan fingerprint density at radius 2 is 2.00 bits per heavy atom. The van der Waals surface area contributed by atoms with Crippen molar-refractivity contribution in [3.8, 4) is 0 Å². The molecule has 1 aliphatic carbocycles. The Kier molecular flexibility index (Phi) is 3.98. The van der Waals surface area contributed by atoms with E-state index >= 15 is 0 Å². The highest BCUT2D eigenvalue weighted by atomic mass is 16.3. The summed E-state index contributed by atoms with van der Waals surface area (Å²) in [5, 5.41) is 12.2. The van der Waals surface area contributed by atoms with Crippen molar-refractivity contribution < 1.29 is 5.11 Å². The summed E-state index contributed by atoms with van der Waals surface area (Å²) < 4.78 is 0. The summed E-state index contributed by atoms with van der Waals surface area (Å²) in [6.45, 7) is 2.23. The molecule has 3 heteroatoms. The van der Waals surface area contributed by atoms with Crippen LogP contribution >= 0.6 is 0 Å². The highest BCUT2D eigenvalue weighted by molar-refractivity contribution is 4.80. The van der Waals surface area contributed by atoms with Crippen molar-refractivity contribution in [2.45, 2.75) is 50.7 Å². The lowest BCUT2D eigenvalue weighted by Gasteiger charge is -2.28. The molecular weight excluding hydrogens is 152 g/mol. The lowest BCUT2D eigenvalue weighted by atomic mass is 9.91. The highest BCUT2D eigenvalue weighted by Crippen LogP contribution is 2.17. The summed E-state index contributed by atoms with van der Waals surface area (Å²) in [7, 11) is 0. The van der Waals surface area contributed by atoms with Crippen molar-refractivity contribution in [2.24, 2.45) is 5.73 Å². The van der Waals surface area contributed by atoms with E-state index in [0.29, 0.717) is 12.1 Å². The maximum atomic E-state index is 8.83. The zero-order valence-corrected chi connectivity index (χ0v) is 7.79. The molecule has 0 aromatic rings. The van der Waals surface area contributed by atoms with E-state index in [1.807, 2.05) is 6.92 Å². The Balaban J connectivity index is 2.17. The lowest BCUT2D eigenvalue weighted by Crippen LogP contribution is -2.42. The van der Waals surface area contributed by atoms with Crippen LogP contribution in [0.2, 0.25) is 0 Å². The van der Waals surface area contributed by atoms with Crippen LogP contribution in [0.3, 0.4) is 0 Å². The van der Waals surface area contributed by atoms with E-state index in [0.717, 1.165) is 25.7 Å². The second-order valence-electron chi connectivity index (χ2n) is 3.86. The van der Waals surface area contributed by atoms with Crippen LogP contribution in [0.5, 0.6) is 0 Å². The number of nitrogens with one attached hydrogen (secondary N) is 1. The zero-order valence-electron chi connectivity index (χ0n) is 7.79. The molecule has 0 aliphatic heterocycles. The van der Waals surface area contributed by atoms with Gasteiger partial charge in [-0.15, -0.1) is 0 Å². The first-order valence-electron chi connectivity index (χ1n) is 4.85. The van der Waals surface area contributed by atoms with Crippen LogP contribution in [-0.4, -0.2) is 29.8 Å². The van der Waals surface area contributed by atoms with Gasteiger partial charge in [-0.05, 0) is 32.6 Å². The molecule has 1 atom stereocenters. The first kappa shape index (κ1) is 9.96. The van der Waals surface area contributed by atoms with Gasteiger partial charge < -0.3 is 16.2 Å². The van der Waals surface area contributed by atoms with Crippen LogP contribution in [0.1, 0.15) is 32.6 Å². The number of hydrogen-bond donors (Lipinski definition) is 3. The highest BCUT2D eigenvalue weighted by Gasteiger charge is 2.18. The van der Waals surface area contributed by atoms with Crippen LogP contribution in [0.4, 0.5) is 0 Å². The van der Waals surface area contributed by atoms with Gasteiger partial charge in [-0.25, -0.2) is 0 Å². The van der Waals surface area contributed by atoms with E-state index < -0.39 is 0 Å². The molecule has 0 aromatic carbocycles. The molecule has 0 saturated heterocycles. The van der Waals surface area contributed by atoms with Gasteiger partial charge in [0.2, 0.25) is 0 Å². The summed E-state index contributed by atoms with van der Waals surface area (Å²) >= 11 is 0. The maximum Gasteiger partial charge on any atom is 0.0582 e. The second kappa shape index (κ2) is 4.80. The molecule has 1 rings (SSSR count). The van der Waals surface area contributed by atoms with E-state index in [2.05, 4.69) is 5.32 Å². The van der Waals surface area contributed by atoms with Crippen molar-refractivity contribution in [1.29, 1.82) is 0 Å². The van der Waals surface area contributed by atoms with Gasteiger partial charge in [0.05, 0.1) is 6.61 Å². The van der Waals surface area contributed by atoms with Gasteiger partial charge in [-0.3, -0.25) is 0 Å². The third-order valence-corrected chi connectivity index (χ3v) is 2.57. The summed E-state index contributed by atoms with van der Waals surface area (Å²) in [6.07, 6.45) is 4.56. The van der Waals surface area contributed by atoms with E-state index in [4.69, 9.17) is 10.8 Å². The maximum absolute atomic E-state index is 8.83. The number of rotatable bonds is 3. The van der Waals surface area contributed by atoms with Crippen LogP contribution in [-0.2, 0) is 0 Å². The standard InChI is InChI=1S/C9H20N2O/c1-7(6-12)11-9-4-2-8(10)3-5-9/h7-9,11-12H,2-6,10H2,1H3. The smallest absolute Gasteiger partial charge is 0.0582 e. The van der Waals surface area contributed by atoms with Crippen molar-refractivity contribution in [2.75, 3.05) is 6.61 Å². The fraction of sp³-hybridized carbons (Fsp3) is 1.00. The van der Waals surface area contributed by atoms with E-state index in [1.165, 1.54) is 0 Å². The van der Waals surface area contributed by atoms with Crippen LogP contribution in [0.25, 0.3) is 0 Å². The number of hydrogen-bond acceptors (Lipinski definition) is 3. The van der Waals surface area contributed by atoms with Crippen molar-refractivity contribution >= 4 is 0 Å².